The molecule has 1 aromatic carbocycles. The second kappa shape index (κ2) is 3.65. The molecule has 0 aliphatic carbocycles. The van der Waals surface area contributed by atoms with Crippen LogP contribution in [0, 0.1) is 5.82 Å². The molecule has 0 saturated carbocycles. The molecule has 1 aromatic heterocycles. The highest BCUT2D eigenvalue weighted by Gasteiger charge is 2.14. The maximum atomic E-state index is 12.7. The van der Waals surface area contributed by atoms with Crippen LogP contribution in [0.25, 0.3) is 11.1 Å². The summed E-state index contributed by atoms with van der Waals surface area (Å²) in [4.78, 5) is 11.2. The van der Waals surface area contributed by atoms with E-state index >= 15 is 0 Å². The second-order valence-electron chi connectivity index (χ2n) is 3.13. The summed E-state index contributed by atoms with van der Waals surface area (Å²) in [7, 11) is 0. The Labute approximate surface area is 85.5 Å². The third-order valence-electron chi connectivity index (χ3n) is 2.05. The fourth-order valence-corrected chi connectivity index (χ4v) is 1.33. The van der Waals surface area contributed by atoms with Crippen LogP contribution in [0.3, 0.4) is 0 Å². The molecular weight excluding hydrogens is 197 g/mol. The molecule has 2 aromatic rings. The van der Waals surface area contributed by atoms with Crippen molar-refractivity contribution in [3.63, 3.8) is 0 Å². The van der Waals surface area contributed by atoms with E-state index in [1.807, 2.05) is 0 Å². The lowest BCUT2D eigenvalue weighted by Crippen LogP contribution is -1.91. The monoisotopic (exact) mass is 205 g/mol. The summed E-state index contributed by atoms with van der Waals surface area (Å²) in [6, 6.07) is 5.81. The van der Waals surface area contributed by atoms with Crippen LogP contribution < -0.4 is 0 Å². The van der Waals surface area contributed by atoms with E-state index < -0.39 is 0 Å². The van der Waals surface area contributed by atoms with Gasteiger partial charge in [-0.2, -0.15) is 0 Å². The van der Waals surface area contributed by atoms with Gasteiger partial charge in [0, 0.05) is 6.92 Å². The predicted octanol–water partition coefficient (Wildman–Crippen LogP) is 2.68. The minimum absolute atomic E-state index is 0.196. The Morgan fingerprint density at radius 1 is 1.33 bits per heavy atom. The zero-order valence-corrected chi connectivity index (χ0v) is 8.03. The Morgan fingerprint density at radius 2 is 2.00 bits per heavy atom. The van der Waals surface area contributed by atoms with Crippen LogP contribution in [0.15, 0.2) is 35.0 Å². The summed E-state index contributed by atoms with van der Waals surface area (Å²) < 4.78 is 17.5. The molecule has 0 aliphatic heterocycles. The highest BCUT2D eigenvalue weighted by atomic mass is 19.1. The summed E-state index contributed by atoms with van der Waals surface area (Å²) >= 11 is 0. The van der Waals surface area contributed by atoms with Gasteiger partial charge in [-0.25, -0.2) is 4.39 Å². The molecule has 76 valence electrons. The molecule has 0 saturated heterocycles. The number of rotatable bonds is 2. The summed E-state index contributed by atoms with van der Waals surface area (Å²) in [5, 5.41) is 3.55. The standard InChI is InChI=1S/C11H8FNO2/c1-7(14)11-10(6-13-15-11)8-2-4-9(12)5-3-8/h2-6H,1H3. The van der Waals surface area contributed by atoms with Crippen LogP contribution >= 0.6 is 0 Å². The lowest BCUT2D eigenvalue weighted by atomic mass is 10.1. The number of aromatic nitrogens is 1. The summed E-state index contributed by atoms with van der Waals surface area (Å²) in [6.45, 7) is 1.40. The summed E-state index contributed by atoms with van der Waals surface area (Å²) in [5.74, 6) is -0.326. The van der Waals surface area contributed by atoms with Crippen molar-refractivity contribution in [2.45, 2.75) is 6.92 Å². The van der Waals surface area contributed by atoms with Crippen molar-refractivity contribution < 1.29 is 13.7 Å². The molecule has 15 heavy (non-hydrogen) atoms. The highest BCUT2D eigenvalue weighted by Crippen LogP contribution is 2.23. The summed E-state index contributed by atoms with van der Waals surface area (Å²) in [5.41, 5.74) is 1.30. The van der Waals surface area contributed by atoms with Gasteiger partial charge in [-0.3, -0.25) is 4.79 Å². The smallest absolute Gasteiger partial charge is 0.209 e. The molecule has 0 unspecified atom stereocenters. The lowest BCUT2D eigenvalue weighted by Gasteiger charge is -1.97. The first-order chi connectivity index (χ1) is 7.18. The van der Waals surface area contributed by atoms with Gasteiger partial charge >= 0.3 is 0 Å². The van der Waals surface area contributed by atoms with Crippen molar-refractivity contribution >= 4 is 5.78 Å². The molecule has 0 bridgehead atoms. The number of ketones is 1. The van der Waals surface area contributed by atoms with Crippen molar-refractivity contribution in [1.82, 2.24) is 5.16 Å². The Bertz CT molecular complexity index is 488. The first-order valence-corrected chi connectivity index (χ1v) is 4.40. The molecule has 1 heterocycles. The molecule has 0 amide bonds. The molecule has 0 radical (unpaired) electrons. The minimum atomic E-state index is -0.320. The van der Waals surface area contributed by atoms with E-state index in [4.69, 9.17) is 4.52 Å². The Balaban J connectivity index is 2.49. The van der Waals surface area contributed by atoms with Crippen LogP contribution in [0.5, 0.6) is 0 Å². The molecule has 2 rings (SSSR count). The van der Waals surface area contributed by atoms with Crippen molar-refractivity contribution in [2.24, 2.45) is 0 Å². The number of hydrogen-bond acceptors (Lipinski definition) is 3. The van der Waals surface area contributed by atoms with Crippen molar-refractivity contribution in [3.8, 4) is 11.1 Å². The third kappa shape index (κ3) is 1.79. The molecule has 0 aliphatic rings. The van der Waals surface area contributed by atoms with Gasteiger partial charge in [0.05, 0.1) is 11.8 Å². The van der Waals surface area contributed by atoms with Crippen LogP contribution in [0.4, 0.5) is 4.39 Å². The van der Waals surface area contributed by atoms with Gasteiger partial charge < -0.3 is 4.52 Å². The minimum Gasteiger partial charge on any atom is -0.352 e. The Morgan fingerprint density at radius 3 is 2.60 bits per heavy atom. The third-order valence-corrected chi connectivity index (χ3v) is 2.05. The van der Waals surface area contributed by atoms with Gasteiger partial charge in [0.2, 0.25) is 5.76 Å². The number of nitrogens with zero attached hydrogens (tertiary/aromatic N) is 1. The topological polar surface area (TPSA) is 43.1 Å². The van der Waals surface area contributed by atoms with E-state index in [2.05, 4.69) is 5.16 Å². The second-order valence-corrected chi connectivity index (χ2v) is 3.13. The number of benzene rings is 1. The van der Waals surface area contributed by atoms with Crippen LogP contribution in [-0.4, -0.2) is 10.9 Å². The Hall–Kier alpha value is -1.97. The molecule has 0 fully saturated rings. The van der Waals surface area contributed by atoms with Crippen LogP contribution in [-0.2, 0) is 0 Å². The highest BCUT2D eigenvalue weighted by molar-refractivity contribution is 5.97. The lowest BCUT2D eigenvalue weighted by molar-refractivity contribution is 0.0979. The first kappa shape index (κ1) is 9.58. The van der Waals surface area contributed by atoms with Gasteiger partial charge in [-0.1, -0.05) is 17.3 Å². The molecule has 0 atom stereocenters. The zero-order chi connectivity index (χ0) is 10.8. The SMILES string of the molecule is CC(=O)c1oncc1-c1ccc(F)cc1. The average Bonchev–Trinajstić information content (AvgIpc) is 2.67. The fourth-order valence-electron chi connectivity index (χ4n) is 1.33. The van der Waals surface area contributed by atoms with Gasteiger partial charge in [0.1, 0.15) is 5.82 Å². The van der Waals surface area contributed by atoms with E-state index in [9.17, 15) is 9.18 Å². The number of carbonyl (C=O) groups excluding carboxylic acids is 1. The van der Waals surface area contributed by atoms with Gasteiger partial charge in [-0.15, -0.1) is 0 Å². The van der Waals surface area contributed by atoms with Gasteiger partial charge in [0.15, 0.2) is 5.78 Å². The maximum Gasteiger partial charge on any atom is 0.209 e. The number of halogens is 1. The average molecular weight is 205 g/mol. The van der Waals surface area contributed by atoms with Gasteiger partial charge in [0.25, 0.3) is 0 Å². The molecule has 4 heteroatoms. The van der Waals surface area contributed by atoms with Crippen molar-refractivity contribution in [3.05, 3.63) is 42.0 Å². The molecule has 0 N–H and O–H groups in total. The van der Waals surface area contributed by atoms with Crippen molar-refractivity contribution in [2.75, 3.05) is 0 Å². The first-order valence-electron chi connectivity index (χ1n) is 4.40. The van der Waals surface area contributed by atoms with Crippen LogP contribution in [0.1, 0.15) is 17.5 Å². The van der Waals surface area contributed by atoms with E-state index in [1.54, 1.807) is 12.1 Å². The number of carbonyl (C=O) groups is 1. The zero-order valence-electron chi connectivity index (χ0n) is 8.03. The molecule has 3 nitrogen and oxygen atoms in total. The number of hydrogen-bond donors (Lipinski definition) is 0. The molecular formula is C11H8FNO2. The van der Waals surface area contributed by atoms with E-state index in [0.717, 1.165) is 0 Å². The van der Waals surface area contributed by atoms with Crippen LogP contribution in [0.2, 0.25) is 0 Å². The van der Waals surface area contributed by atoms with Gasteiger partial charge in [-0.05, 0) is 17.7 Å². The fraction of sp³-hybridized carbons (Fsp3) is 0.0909. The maximum absolute atomic E-state index is 12.7. The van der Waals surface area contributed by atoms with E-state index in [1.165, 1.54) is 25.3 Å². The number of Topliss-reactive ketones (excluding diaryl/α,β-unsaturated/α-hetero) is 1. The molecule has 0 spiro atoms. The normalized spacial score (nSPS) is 10.3. The predicted molar refractivity (Wildman–Crippen MR) is 51.9 cm³/mol. The van der Waals surface area contributed by atoms with Crippen molar-refractivity contribution in [1.29, 1.82) is 0 Å². The van der Waals surface area contributed by atoms with E-state index in [-0.39, 0.29) is 17.4 Å². The summed E-state index contributed by atoms with van der Waals surface area (Å²) in [6.07, 6.45) is 1.45. The Kier molecular flexibility index (Phi) is 2.33. The van der Waals surface area contributed by atoms with E-state index in [0.29, 0.717) is 11.1 Å². The quantitative estimate of drug-likeness (QED) is 0.708. The largest absolute Gasteiger partial charge is 0.352 e.